The van der Waals surface area contributed by atoms with Gasteiger partial charge < -0.3 is 15.1 Å². The fourth-order valence-corrected chi connectivity index (χ4v) is 3.48. The molecule has 3 rings (SSSR count). The lowest BCUT2D eigenvalue weighted by atomic mass is 10.0. The Morgan fingerprint density at radius 3 is 2.31 bits per heavy atom. The van der Waals surface area contributed by atoms with Crippen molar-refractivity contribution in [3.8, 4) is 0 Å². The minimum Gasteiger partial charge on any atom is -0.354 e. The molecular formula is C20H30N4O2. The Kier molecular flexibility index (Phi) is 5.94. The second-order valence-corrected chi connectivity index (χ2v) is 7.70. The summed E-state index contributed by atoms with van der Waals surface area (Å²) in [6.07, 6.45) is 1.37. The summed E-state index contributed by atoms with van der Waals surface area (Å²) in [6, 6.07) is 10.4. The van der Waals surface area contributed by atoms with Crippen molar-refractivity contribution in [2.45, 2.75) is 19.4 Å². The summed E-state index contributed by atoms with van der Waals surface area (Å²) >= 11 is 0. The van der Waals surface area contributed by atoms with Gasteiger partial charge in [-0.25, -0.2) is 0 Å². The molecule has 26 heavy (non-hydrogen) atoms. The van der Waals surface area contributed by atoms with Crippen molar-refractivity contribution < 1.29 is 9.59 Å². The van der Waals surface area contributed by atoms with Crippen molar-refractivity contribution in [1.29, 1.82) is 0 Å². The predicted octanol–water partition coefficient (Wildman–Crippen LogP) is 0.789. The molecule has 0 atom stereocenters. The molecule has 1 saturated heterocycles. The zero-order valence-corrected chi connectivity index (χ0v) is 15.9. The first-order chi connectivity index (χ1) is 12.5. The average molecular weight is 358 g/mol. The normalized spacial score (nSPS) is 19.4. The molecule has 0 bridgehead atoms. The number of hydrogen-bond donors (Lipinski definition) is 1. The topological polar surface area (TPSA) is 55.9 Å². The van der Waals surface area contributed by atoms with E-state index in [-0.39, 0.29) is 11.8 Å². The van der Waals surface area contributed by atoms with Crippen molar-refractivity contribution >= 4 is 11.8 Å². The number of benzene rings is 1. The Bertz CT molecular complexity index is 620. The van der Waals surface area contributed by atoms with Crippen LogP contribution in [0.5, 0.6) is 0 Å². The van der Waals surface area contributed by atoms with Gasteiger partial charge in [0.25, 0.3) is 0 Å². The molecule has 0 aromatic heterocycles. The maximum absolute atomic E-state index is 12.9. The lowest BCUT2D eigenvalue weighted by Crippen LogP contribution is -2.53. The van der Waals surface area contributed by atoms with E-state index in [1.54, 1.807) is 0 Å². The summed E-state index contributed by atoms with van der Waals surface area (Å²) in [6.45, 7) is 5.42. The molecule has 1 aromatic carbocycles. The highest BCUT2D eigenvalue weighted by Gasteiger charge is 2.57. The Morgan fingerprint density at radius 1 is 1.08 bits per heavy atom. The zero-order valence-electron chi connectivity index (χ0n) is 15.9. The highest BCUT2D eigenvalue weighted by molar-refractivity contribution is 6.07. The molecule has 0 spiro atoms. The van der Waals surface area contributed by atoms with Gasteiger partial charge in [-0.05, 0) is 32.5 Å². The summed E-state index contributed by atoms with van der Waals surface area (Å²) in [5.41, 5.74) is 0.514. The highest BCUT2D eigenvalue weighted by atomic mass is 16.2. The van der Waals surface area contributed by atoms with Crippen molar-refractivity contribution in [3.63, 3.8) is 0 Å². The number of carbonyl (C=O) groups is 2. The number of likely N-dealkylation sites (N-methyl/N-ethyl adjacent to an activating group) is 1. The number of nitrogens with zero attached hydrogens (tertiary/aromatic N) is 3. The van der Waals surface area contributed by atoms with Gasteiger partial charge in [-0.15, -0.1) is 0 Å². The Hall–Kier alpha value is -1.92. The summed E-state index contributed by atoms with van der Waals surface area (Å²) in [7, 11) is 3.94. The molecule has 2 amide bonds. The maximum Gasteiger partial charge on any atom is 0.238 e. The van der Waals surface area contributed by atoms with Crippen LogP contribution < -0.4 is 5.32 Å². The molecule has 1 aromatic rings. The molecule has 6 heteroatoms. The van der Waals surface area contributed by atoms with Crippen LogP contribution in [-0.4, -0.2) is 79.9 Å². The lowest BCUT2D eigenvalue weighted by molar-refractivity contribution is -0.145. The first-order valence-corrected chi connectivity index (χ1v) is 9.50. The van der Waals surface area contributed by atoms with Crippen LogP contribution in [0.3, 0.4) is 0 Å². The predicted molar refractivity (Wildman–Crippen MR) is 102 cm³/mol. The molecule has 0 radical (unpaired) electrons. The first kappa shape index (κ1) is 18.9. The van der Waals surface area contributed by atoms with Crippen LogP contribution >= 0.6 is 0 Å². The first-order valence-electron chi connectivity index (χ1n) is 9.50. The van der Waals surface area contributed by atoms with Crippen molar-refractivity contribution in [2.75, 3.05) is 53.4 Å². The van der Waals surface area contributed by atoms with Crippen LogP contribution in [0.4, 0.5) is 0 Å². The molecular weight excluding hydrogens is 328 g/mol. The van der Waals surface area contributed by atoms with Crippen molar-refractivity contribution in [3.05, 3.63) is 35.9 Å². The molecule has 2 aliphatic rings. The third-order valence-electron chi connectivity index (χ3n) is 5.35. The summed E-state index contributed by atoms with van der Waals surface area (Å²) < 4.78 is 0. The van der Waals surface area contributed by atoms with Gasteiger partial charge in [0.15, 0.2) is 0 Å². The number of carbonyl (C=O) groups excluding carboxylic acids is 2. The van der Waals surface area contributed by atoms with Crippen LogP contribution in [-0.2, 0) is 16.1 Å². The van der Waals surface area contributed by atoms with Gasteiger partial charge in [0.1, 0.15) is 5.41 Å². The van der Waals surface area contributed by atoms with Crippen LogP contribution in [0.25, 0.3) is 0 Å². The molecule has 142 valence electrons. The van der Waals surface area contributed by atoms with Crippen LogP contribution in [0.1, 0.15) is 18.4 Å². The number of rotatable bonds is 7. The van der Waals surface area contributed by atoms with Gasteiger partial charge in [0, 0.05) is 45.8 Å². The van der Waals surface area contributed by atoms with Crippen molar-refractivity contribution in [2.24, 2.45) is 5.41 Å². The average Bonchev–Trinajstić information content (AvgIpc) is 3.44. The van der Waals surface area contributed by atoms with E-state index in [4.69, 9.17) is 0 Å². The second kappa shape index (κ2) is 8.18. The monoisotopic (exact) mass is 358 g/mol. The van der Waals surface area contributed by atoms with Gasteiger partial charge in [-0.1, -0.05) is 30.3 Å². The molecule has 0 unspecified atom stereocenters. The second-order valence-electron chi connectivity index (χ2n) is 7.70. The Labute approximate surface area is 156 Å². The minimum atomic E-state index is -0.784. The van der Waals surface area contributed by atoms with Gasteiger partial charge in [0.05, 0.1) is 0 Å². The fraction of sp³-hybridized carbons (Fsp3) is 0.600. The minimum absolute atomic E-state index is 0.0271. The summed E-state index contributed by atoms with van der Waals surface area (Å²) in [5.74, 6) is -0.0599. The third kappa shape index (κ3) is 4.43. The molecule has 1 N–H and O–H groups in total. The fourth-order valence-electron chi connectivity index (χ4n) is 3.48. The Morgan fingerprint density at radius 2 is 1.73 bits per heavy atom. The lowest BCUT2D eigenvalue weighted by Gasteiger charge is -2.36. The smallest absolute Gasteiger partial charge is 0.238 e. The van der Waals surface area contributed by atoms with E-state index in [9.17, 15) is 9.59 Å². The number of hydrogen-bond acceptors (Lipinski definition) is 4. The van der Waals surface area contributed by atoms with E-state index in [1.807, 2.05) is 30.0 Å². The zero-order chi connectivity index (χ0) is 18.6. The quantitative estimate of drug-likeness (QED) is 0.732. The van der Waals surface area contributed by atoms with Crippen molar-refractivity contribution in [1.82, 2.24) is 20.0 Å². The van der Waals surface area contributed by atoms with Gasteiger partial charge in [-0.2, -0.15) is 0 Å². The molecule has 2 fully saturated rings. The van der Waals surface area contributed by atoms with E-state index in [2.05, 4.69) is 34.5 Å². The third-order valence-corrected chi connectivity index (χ3v) is 5.35. The number of nitrogens with one attached hydrogen (secondary N) is 1. The molecule has 1 saturated carbocycles. The van der Waals surface area contributed by atoms with E-state index < -0.39 is 5.41 Å². The van der Waals surface area contributed by atoms with E-state index in [1.165, 1.54) is 5.56 Å². The van der Waals surface area contributed by atoms with E-state index in [0.717, 1.165) is 26.2 Å². The largest absolute Gasteiger partial charge is 0.354 e. The van der Waals surface area contributed by atoms with E-state index >= 15 is 0 Å². The van der Waals surface area contributed by atoms with Crippen LogP contribution in [0.2, 0.25) is 0 Å². The molecule has 1 aliphatic carbocycles. The standard InChI is InChI=1S/C20H30N4O2/c1-22(2)11-10-21-18(25)20(8-9-20)19(26)24-14-12-23(13-15-24)16-17-6-4-3-5-7-17/h3-7H,8-16H2,1-2H3,(H,21,25). The van der Waals surface area contributed by atoms with E-state index in [0.29, 0.717) is 32.5 Å². The summed E-state index contributed by atoms with van der Waals surface area (Å²) in [5, 5.41) is 2.94. The number of amides is 2. The molecule has 1 heterocycles. The van der Waals surface area contributed by atoms with Crippen LogP contribution in [0, 0.1) is 5.41 Å². The summed E-state index contributed by atoms with van der Waals surface area (Å²) in [4.78, 5) is 31.7. The van der Waals surface area contributed by atoms with Gasteiger partial charge in [0.2, 0.25) is 11.8 Å². The van der Waals surface area contributed by atoms with Gasteiger partial charge in [-0.3, -0.25) is 14.5 Å². The highest BCUT2D eigenvalue weighted by Crippen LogP contribution is 2.47. The molecule has 1 aliphatic heterocycles. The Balaban J connectivity index is 1.48. The number of piperazine rings is 1. The maximum atomic E-state index is 12.9. The van der Waals surface area contributed by atoms with Crippen LogP contribution in [0.15, 0.2) is 30.3 Å². The SMILES string of the molecule is CN(C)CCNC(=O)C1(C(=O)N2CCN(Cc3ccccc3)CC2)CC1. The van der Waals surface area contributed by atoms with Gasteiger partial charge >= 0.3 is 0 Å². The molecule has 6 nitrogen and oxygen atoms in total.